The number of fused-ring (bicyclic) bond motifs is 1. The number of nitrogens with two attached hydrogens (primary N) is 1. The molecule has 0 spiro atoms. The maximum absolute atomic E-state index is 12.5. The van der Waals surface area contributed by atoms with Crippen LogP contribution in [0.5, 0.6) is 0 Å². The standard InChI is InChI=1S/C28H24N6O3S2/c1-36-26(35)22-8-5-9-23-24(22)34(27(31-23)39-2)16-18-10-12-19(13-11-18)20-6-3-4-7-21(20)25(29)32-37-28(38)33-15-14-30-17-33/h3-15,17H,16H2,1-2H3,(H2,29,32). The largest absolute Gasteiger partial charge is 0.465 e. The summed E-state index contributed by atoms with van der Waals surface area (Å²) >= 11 is 6.74. The minimum atomic E-state index is -0.393. The van der Waals surface area contributed by atoms with Gasteiger partial charge in [0.2, 0.25) is 0 Å². The summed E-state index contributed by atoms with van der Waals surface area (Å²) in [6, 6.07) is 21.3. The first-order valence-electron chi connectivity index (χ1n) is 11.8. The lowest BCUT2D eigenvalue weighted by molar-refractivity contribution is 0.0602. The normalized spacial score (nSPS) is 11.5. The SMILES string of the molecule is COC(=O)c1cccc2nc(SC)n(Cc3ccc(-c4ccccc4/C(N)=N/OC(=S)n4ccnc4)cc3)c12. The molecule has 5 aromatic rings. The Bertz CT molecular complexity index is 1680. The van der Waals surface area contributed by atoms with Crippen LogP contribution in [0.1, 0.15) is 21.5 Å². The molecule has 2 heterocycles. The number of amidine groups is 1. The predicted octanol–water partition coefficient (Wildman–Crippen LogP) is 4.93. The van der Waals surface area contributed by atoms with Gasteiger partial charge in [-0.15, -0.1) is 0 Å². The zero-order chi connectivity index (χ0) is 27.4. The van der Waals surface area contributed by atoms with Gasteiger partial charge in [0.25, 0.3) is 0 Å². The molecule has 0 unspecified atom stereocenters. The van der Waals surface area contributed by atoms with Gasteiger partial charge < -0.3 is 19.9 Å². The number of para-hydroxylation sites is 1. The van der Waals surface area contributed by atoms with E-state index < -0.39 is 5.97 Å². The number of rotatable bonds is 7. The number of hydrogen-bond acceptors (Lipinski definition) is 8. The number of aromatic nitrogens is 4. The Morgan fingerprint density at radius 1 is 1.08 bits per heavy atom. The lowest BCUT2D eigenvalue weighted by Gasteiger charge is -2.12. The number of nitrogens with zero attached hydrogens (tertiary/aromatic N) is 5. The fourth-order valence-corrected chi connectivity index (χ4v) is 4.93. The van der Waals surface area contributed by atoms with Gasteiger partial charge >= 0.3 is 11.1 Å². The van der Waals surface area contributed by atoms with Gasteiger partial charge in [0.1, 0.15) is 6.33 Å². The van der Waals surface area contributed by atoms with Crippen molar-refractivity contribution in [1.82, 2.24) is 19.1 Å². The van der Waals surface area contributed by atoms with Crippen LogP contribution < -0.4 is 5.73 Å². The number of esters is 1. The monoisotopic (exact) mass is 556 g/mol. The van der Waals surface area contributed by atoms with Crippen LogP contribution in [0.25, 0.3) is 22.2 Å². The third kappa shape index (κ3) is 5.40. The molecule has 0 bridgehead atoms. The smallest absolute Gasteiger partial charge is 0.340 e. The highest BCUT2D eigenvalue weighted by molar-refractivity contribution is 7.98. The third-order valence-electron chi connectivity index (χ3n) is 6.07. The van der Waals surface area contributed by atoms with Crippen molar-refractivity contribution in [1.29, 1.82) is 0 Å². The highest BCUT2D eigenvalue weighted by Gasteiger charge is 2.19. The Morgan fingerprint density at radius 3 is 2.56 bits per heavy atom. The Balaban J connectivity index is 1.42. The molecule has 2 N–H and O–H groups in total. The molecule has 11 heteroatoms. The molecule has 0 saturated carbocycles. The molecular formula is C28H24N6O3S2. The van der Waals surface area contributed by atoms with E-state index in [1.54, 1.807) is 18.5 Å². The van der Waals surface area contributed by atoms with Crippen LogP contribution >= 0.6 is 24.0 Å². The van der Waals surface area contributed by atoms with Crippen LogP contribution in [0.2, 0.25) is 0 Å². The summed E-state index contributed by atoms with van der Waals surface area (Å²) in [6.07, 6.45) is 6.74. The summed E-state index contributed by atoms with van der Waals surface area (Å²) in [5.41, 5.74) is 11.9. The average Bonchev–Trinajstić information content (AvgIpc) is 3.64. The molecule has 3 aromatic carbocycles. The van der Waals surface area contributed by atoms with Crippen molar-refractivity contribution in [3.63, 3.8) is 0 Å². The topological polar surface area (TPSA) is 110 Å². The van der Waals surface area contributed by atoms with Crippen molar-refractivity contribution in [2.75, 3.05) is 13.4 Å². The maximum Gasteiger partial charge on any atom is 0.340 e. The zero-order valence-corrected chi connectivity index (χ0v) is 22.8. The number of methoxy groups -OCH3 is 1. The molecule has 0 aliphatic carbocycles. The summed E-state index contributed by atoms with van der Waals surface area (Å²) in [6.45, 7) is 0.533. The van der Waals surface area contributed by atoms with Gasteiger partial charge in [-0.05, 0) is 47.3 Å². The van der Waals surface area contributed by atoms with E-state index in [1.165, 1.54) is 29.8 Å². The molecule has 39 heavy (non-hydrogen) atoms. The third-order valence-corrected chi connectivity index (χ3v) is 7.03. The summed E-state index contributed by atoms with van der Waals surface area (Å²) in [7, 11) is 1.38. The van der Waals surface area contributed by atoms with E-state index in [-0.39, 0.29) is 11.0 Å². The number of hydrogen-bond donors (Lipinski definition) is 1. The van der Waals surface area contributed by atoms with Gasteiger partial charge in [0.15, 0.2) is 11.0 Å². The second-order valence-electron chi connectivity index (χ2n) is 8.40. The van der Waals surface area contributed by atoms with Crippen molar-refractivity contribution in [3.8, 4) is 11.1 Å². The maximum atomic E-state index is 12.5. The lowest BCUT2D eigenvalue weighted by Crippen LogP contribution is -2.17. The molecule has 9 nitrogen and oxygen atoms in total. The molecule has 0 fully saturated rings. The fourth-order valence-electron chi connectivity index (χ4n) is 4.22. The molecule has 0 amide bonds. The Hall–Kier alpha value is -4.48. The Kier molecular flexibility index (Phi) is 7.71. The molecular weight excluding hydrogens is 532 g/mol. The van der Waals surface area contributed by atoms with Crippen LogP contribution in [-0.4, -0.2) is 49.4 Å². The van der Waals surface area contributed by atoms with Crippen LogP contribution in [0.3, 0.4) is 0 Å². The van der Waals surface area contributed by atoms with Gasteiger partial charge in [-0.2, -0.15) is 0 Å². The second-order valence-corrected chi connectivity index (χ2v) is 9.52. The van der Waals surface area contributed by atoms with E-state index in [0.717, 1.165) is 32.9 Å². The molecule has 196 valence electrons. The van der Waals surface area contributed by atoms with E-state index >= 15 is 0 Å². The van der Waals surface area contributed by atoms with E-state index in [4.69, 9.17) is 32.5 Å². The molecule has 0 aliphatic rings. The predicted molar refractivity (Wildman–Crippen MR) is 156 cm³/mol. The fraction of sp³-hybridized carbons (Fsp3) is 0.107. The van der Waals surface area contributed by atoms with Gasteiger partial charge in [-0.25, -0.2) is 14.8 Å². The summed E-state index contributed by atoms with van der Waals surface area (Å²) < 4.78 is 8.58. The first-order chi connectivity index (χ1) is 19.0. The minimum Gasteiger partial charge on any atom is -0.465 e. The Morgan fingerprint density at radius 2 is 1.85 bits per heavy atom. The highest BCUT2D eigenvalue weighted by Crippen LogP contribution is 2.28. The first kappa shape index (κ1) is 26.1. The number of carbonyl (C=O) groups is 1. The van der Waals surface area contributed by atoms with E-state index in [2.05, 4.69) is 10.1 Å². The van der Waals surface area contributed by atoms with Crippen molar-refractivity contribution < 1.29 is 14.4 Å². The van der Waals surface area contributed by atoms with Gasteiger partial charge in [0, 0.05) is 18.0 Å². The first-order valence-corrected chi connectivity index (χ1v) is 13.5. The van der Waals surface area contributed by atoms with E-state index in [0.29, 0.717) is 17.7 Å². The number of imidazole rings is 2. The second kappa shape index (κ2) is 11.5. The van der Waals surface area contributed by atoms with Crippen LogP contribution in [0.15, 0.2) is 95.8 Å². The van der Waals surface area contributed by atoms with Crippen LogP contribution in [0.4, 0.5) is 0 Å². The van der Waals surface area contributed by atoms with Crippen molar-refractivity contribution in [2.45, 2.75) is 11.7 Å². The quantitative estimate of drug-likeness (QED) is 0.0751. The zero-order valence-electron chi connectivity index (χ0n) is 21.1. The van der Waals surface area contributed by atoms with Gasteiger partial charge in [-0.1, -0.05) is 71.5 Å². The number of oxime groups is 1. The minimum absolute atomic E-state index is 0.115. The number of thioether (sulfide) groups is 1. The summed E-state index contributed by atoms with van der Waals surface area (Å²) in [5.74, 6) is -0.197. The van der Waals surface area contributed by atoms with Crippen molar-refractivity contribution in [2.24, 2.45) is 10.9 Å². The Labute approximate surface area is 234 Å². The lowest BCUT2D eigenvalue weighted by atomic mass is 9.98. The number of thiocarbonyl (C=S) groups is 1. The molecule has 5 rings (SSSR count). The van der Waals surface area contributed by atoms with Gasteiger partial charge in [-0.3, -0.25) is 4.57 Å². The molecule has 0 saturated heterocycles. The van der Waals surface area contributed by atoms with Crippen molar-refractivity contribution >= 4 is 52.0 Å². The van der Waals surface area contributed by atoms with Gasteiger partial charge in [0.05, 0.1) is 30.3 Å². The average molecular weight is 557 g/mol. The van der Waals surface area contributed by atoms with Crippen LogP contribution in [-0.2, 0) is 16.1 Å². The molecule has 0 radical (unpaired) electrons. The number of benzene rings is 3. The molecule has 0 atom stereocenters. The molecule has 2 aromatic heterocycles. The van der Waals surface area contributed by atoms with Crippen LogP contribution in [0, 0.1) is 0 Å². The van der Waals surface area contributed by atoms with E-state index in [9.17, 15) is 4.79 Å². The summed E-state index contributed by atoms with van der Waals surface area (Å²) in [4.78, 5) is 26.4. The number of carbonyl (C=O) groups excluding carboxylic acids is 1. The van der Waals surface area contributed by atoms with Crippen molar-refractivity contribution in [3.05, 3.63) is 102 Å². The van der Waals surface area contributed by atoms with E-state index in [1.807, 2.05) is 71.5 Å². The molecule has 0 aliphatic heterocycles. The highest BCUT2D eigenvalue weighted by atomic mass is 32.2. The number of ether oxygens (including phenoxy) is 1. The summed E-state index contributed by atoms with van der Waals surface area (Å²) in [5, 5.41) is 4.96.